The second-order valence-corrected chi connectivity index (χ2v) is 8.28. The molecule has 1 saturated heterocycles. The number of benzene rings is 1. The van der Waals surface area contributed by atoms with Crippen LogP contribution >= 0.6 is 23.2 Å². The van der Waals surface area contributed by atoms with E-state index >= 15 is 0 Å². The van der Waals surface area contributed by atoms with Crippen LogP contribution in [0.4, 0.5) is 0 Å². The zero-order valence-electron chi connectivity index (χ0n) is 13.4. The number of nitrogens with one attached hydrogen (secondary N) is 2. The molecule has 24 heavy (non-hydrogen) atoms. The summed E-state index contributed by atoms with van der Waals surface area (Å²) in [6.07, 6.45) is 0.975. The van der Waals surface area contributed by atoms with Gasteiger partial charge in [-0.2, -0.15) is 0 Å². The van der Waals surface area contributed by atoms with Gasteiger partial charge in [-0.05, 0) is 17.7 Å². The summed E-state index contributed by atoms with van der Waals surface area (Å²) in [6.45, 7) is 3.00. The Kier molecular flexibility index (Phi) is 7.74. The highest BCUT2D eigenvalue weighted by molar-refractivity contribution is 7.88. The zero-order valence-corrected chi connectivity index (χ0v) is 15.8. The molecule has 1 aromatic rings. The van der Waals surface area contributed by atoms with Gasteiger partial charge in [0.15, 0.2) is 0 Å². The highest BCUT2D eigenvalue weighted by atomic mass is 35.5. The van der Waals surface area contributed by atoms with E-state index in [2.05, 4.69) is 10.0 Å². The van der Waals surface area contributed by atoms with Crippen LogP contribution in [0.5, 0.6) is 0 Å². The monoisotopic (exact) mass is 396 g/mol. The van der Waals surface area contributed by atoms with Crippen molar-refractivity contribution in [3.05, 3.63) is 33.8 Å². The van der Waals surface area contributed by atoms with E-state index in [1.807, 2.05) is 12.1 Å². The molecule has 0 radical (unpaired) electrons. The van der Waals surface area contributed by atoms with Crippen molar-refractivity contribution in [2.45, 2.75) is 12.0 Å². The Labute approximate surface area is 152 Å². The number of rotatable bonds is 7. The summed E-state index contributed by atoms with van der Waals surface area (Å²) in [4.78, 5) is 0. The second-order valence-electron chi connectivity index (χ2n) is 5.63. The maximum Gasteiger partial charge on any atom is 0.208 e. The van der Waals surface area contributed by atoms with Crippen LogP contribution in [0.2, 0.25) is 10.0 Å². The Morgan fingerprint density at radius 1 is 1.38 bits per heavy atom. The van der Waals surface area contributed by atoms with Crippen LogP contribution in [-0.4, -0.2) is 60.2 Å². The van der Waals surface area contributed by atoms with Crippen LogP contribution in [0, 0.1) is 0 Å². The van der Waals surface area contributed by atoms with E-state index in [1.165, 1.54) is 0 Å². The van der Waals surface area contributed by atoms with Crippen molar-refractivity contribution >= 4 is 33.2 Å². The van der Waals surface area contributed by atoms with Gasteiger partial charge in [0.2, 0.25) is 10.0 Å². The predicted molar refractivity (Wildman–Crippen MR) is 95.5 cm³/mol. The van der Waals surface area contributed by atoms with Gasteiger partial charge >= 0.3 is 0 Å². The summed E-state index contributed by atoms with van der Waals surface area (Å²) >= 11 is 12.1. The topological polar surface area (TPSA) is 76.7 Å². The lowest BCUT2D eigenvalue weighted by atomic mass is 9.93. The molecule has 1 heterocycles. The largest absolute Gasteiger partial charge is 0.377 e. The normalized spacial score (nSPS) is 22.3. The van der Waals surface area contributed by atoms with E-state index in [1.54, 1.807) is 6.07 Å². The van der Waals surface area contributed by atoms with Crippen LogP contribution in [0.15, 0.2) is 18.2 Å². The van der Waals surface area contributed by atoms with Crippen LogP contribution in [0.1, 0.15) is 11.5 Å². The van der Waals surface area contributed by atoms with Crippen LogP contribution in [0.3, 0.4) is 0 Å². The molecule has 1 fully saturated rings. The highest BCUT2D eigenvalue weighted by Crippen LogP contribution is 2.29. The molecule has 0 aliphatic carbocycles. The Balaban J connectivity index is 1.95. The van der Waals surface area contributed by atoms with Crippen molar-refractivity contribution in [2.24, 2.45) is 0 Å². The van der Waals surface area contributed by atoms with Gasteiger partial charge in [0, 0.05) is 25.6 Å². The number of hydrogen-bond donors (Lipinski definition) is 2. The summed E-state index contributed by atoms with van der Waals surface area (Å²) in [5.41, 5.74) is 1.03. The first-order chi connectivity index (χ1) is 11.4. The first kappa shape index (κ1) is 19.9. The molecule has 136 valence electrons. The molecule has 9 heteroatoms. The fourth-order valence-electron chi connectivity index (χ4n) is 2.53. The lowest BCUT2D eigenvalue weighted by Crippen LogP contribution is -2.32. The van der Waals surface area contributed by atoms with E-state index in [0.29, 0.717) is 23.3 Å². The maximum absolute atomic E-state index is 11.0. The molecular formula is C15H22Cl2N2O4S. The fraction of sp³-hybridized carbons (Fsp3) is 0.600. The fourth-order valence-corrected chi connectivity index (χ4v) is 3.29. The van der Waals surface area contributed by atoms with Gasteiger partial charge in [-0.1, -0.05) is 29.3 Å². The van der Waals surface area contributed by atoms with Crippen molar-refractivity contribution in [2.75, 3.05) is 45.7 Å². The SMILES string of the molecule is CS(=O)(=O)NCCOC[C@@H]1OCCNC[C@H]1c1ccc(Cl)c(Cl)c1. The molecule has 1 aromatic carbocycles. The van der Waals surface area contributed by atoms with Crippen LogP contribution in [-0.2, 0) is 19.5 Å². The second kappa shape index (κ2) is 9.33. The third kappa shape index (κ3) is 6.48. The smallest absolute Gasteiger partial charge is 0.208 e. The van der Waals surface area contributed by atoms with Gasteiger partial charge < -0.3 is 14.8 Å². The average Bonchev–Trinajstić information content (AvgIpc) is 2.74. The highest BCUT2D eigenvalue weighted by Gasteiger charge is 2.26. The van der Waals surface area contributed by atoms with Gasteiger partial charge in [0.1, 0.15) is 0 Å². The standard InChI is InChI=1S/C15H22Cl2N2O4S/c1-24(20,21)19-5-6-22-10-15-12(9-18-4-7-23-15)11-2-3-13(16)14(17)8-11/h2-3,8,12,15,18-19H,4-7,9-10H2,1H3/t12-,15-/m0/s1. The molecule has 6 nitrogen and oxygen atoms in total. The van der Waals surface area contributed by atoms with Crippen LogP contribution in [0.25, 0.3) is 0 Å². The maximum atomic E-state index is 11.0. The molecule has 0 saturated carbocycles. The van der Waals surface area contributed by atoms with Gasteiger partial charge in [-0.3, -0.25) is 0 Å². The van der Waals surface area contributed by atoms with Gasteiger partial charge in [0.25, 0.3) is 0 Å². The minimum absolute atomic E-state index is 0.0742. The molecule has 2 atom stereocenters. The summed E-state index contributed by atoms with van der Waals surface area (Å²) in [7, 11) is -3.20. The molecule has 0 amide bonds. The Morgan fingerprint density at radius 3 is 2.88 bits per heavy atom. The quantitative estimate of drug-likeness (QED) is 0.684. The Morgan fingerprint density at radius 2 is 2.17 bits per heavy atom. The molecular weight excluding hydrogens is 375 g/mol. The first-order valence-corrected chi connectivity index (χ1v) is 10.3. The third-order valence-electron chi connectivity index (χ3n) is 3.69. The summed E-state index contributed by atoms with van der Waals surface area (Å²) in [6, 6.07) is 5.56. The molecule has 1 aliphatic rings. The average molecular weight is 397 g/mol. The van der Waals surface area contributed by atoms with Crippen molar-refractivity contribution < 1.29 is 17.9 Å². The lowest BCUT2D eigenvalue weighted by molar-refractivity contribution is -0.0177. The summed E-state index contributed by atoms with van der Waals surface area (Å²) < 4.78 is 35.9. The number of hydrogen-bond acceptors (Lipinski definition) is 5. The first-order valence-electron chi connectivity index (χ1n) is 7.66. The minimum Gasteiger partial charge on any atom is -0.377 e. The lowest BCUT2D eigenvalue weighted by Gasteiger charge is -2.25. The number of ether oxygens (including phenoxy) is 2. The van der Waals surface area contributed by atoms with Crippen LogP contribution < -0.4 is 10.0 Å². The Bertz CT molecular complexity index is 642. The molecule has 0 spiro atoms. The third-order valence-corrected chi connectivity index (χ3v) is 5.16. The summed E-state index contributed by atoms with van der Waals surface area (Å²) in [5, 5.41) is 4.36. The summed E-state index contributed by atoms with van der Waals surface area (Å²) in [5.74, 6) is 0.0742. The van der Waals surface area contributed by atoms with Crippen molar-refractivity contribution in [1.29, 1.82) is 0 Å². The van der Waals surface area contributed by atoms with E-state index in [9.17, 15) is 8.42 Å². The van der Waals surface area contributed by atoms with Crippen molar-refractivity contribution in [3.8, 4) is 0 Å². The van der Waals surface area contributed by atoms with E-state index in [-0.39, 0.29) is 25.2 Å². The molecule has 1 aliphatic heterocycles. The van der Waals surface area contributed by atoms with Crippen molar-refractivity contribution in [1.82, 2.24) is 10.0 Å². The molecule has 0 unspecified atom stereocenters. The zero-order chi connectivity index (χ0) is 17.6. The molecule has 0 aromatic heterocycles. The number of sulfonamides is 1. The predicted octanol–water partition coefficient (Wildman–Crippen LogP) is 1.63. The van der Waals surface area contributed by atoms with Gasteiger partial charge in [0.05, 0.1) is 42.2 Å². The van der Waals surface area contributed by atoms with E-state index in [4.69, 9.17) is 32.7 Å². The Hall–Kier alpha value is -0.410. The van der Waals surface area contributed by atoms with E-state index in [0.717, 1.165) is 24.9 Å². The van der Waals surface area contributed by atoms with Gasteiger partial charge in [-0.15, -0.1) is 0 Å². The van der Waals surface area contributed by atoms with Crippen molar-refractivity contribution in [3.63, 3.8) is 0 Å². The molecule has 2 N–H and O–H groups in total. The van der Waals surface area contributed by atoms with Gasteiger partial charge in [-0.25, -0.2) is 13.1 Å². The van der Waals surface area contributed by atoms with E-state index < -0.39 is 10.0 Å². The minimum atomic E-state index is -3.20. The molecule has 2 rings (SSSR count). The molecule has 0 bridgehead atoms. The number of halogens is 2.